The second kappa shape index (κ2) is 8.99. The van der Waals surface area contributed by atoms with Crippen LogP contribution >= 0.6 is 0 Å². The van der Waals surface area contributed by atoms with E-state index < -0.39 is 28.4 Å². The number of nitrogens with zero attached hydrogens (tertiary/aromatic N) is 2. The number of aliphatic hydroxyl groups excluding tert-OH is 1. The van der Waals surface area contributed by atoms with Gasteiger partial charge in [-0.1, -0.05) is 54.6 Å². The summed E-state index contributed by atoms with van der Waals surface area (Å²) >= 11 is 0. The summed E-state index contributed by atoms with van der Waals surface area (Å²) in [7, 11) is 1.52. The zero-order chi connectivity index (χ0) is 25.4. The lowest BCUT2D eigenvalue weighted by atomic mass is 9.91. The van der Waals surface area contributed by atoms with Crippen molar-refractivity contribution in [1.29, 1.82) is 0 Å². The summed E-state index contributed by atoms with van der Waals surface area (Å²) < 4.78 is 5.22. The minimum absolute atomic E-state index is 0.0715. The normalized spacial score (nSPS) is 16.9. The monoisotopic (exact) mass is 480 g/mol. The highest BCUT2D eigenvalue weighted by atomic mass is 16.6. The number of hydrogen-bond acceptors (Lipinski definition) is 6. The van der Waals surface area contributed by atoms with E-state index in [-0.39, 0.29) is 16.8 Å². The maximum absolute atomic E-state index is 13.4. The number of aliphatic hydroxyl groups is 1. The zero-order valence-electron chi connectivity index (χ0n) is 19.1. The first-order valence-electron chi connectivity index (χ1n) is 11.1. The van der Waals surface area contributed by atoms with E-state index >= 15 is 0 Å². The van der Waals surface area contributed by atoms with Crippen LogP contribution in [0.5, 0.6) is 5.75 Å². The molecule has 1 amide bonds. The summed E-state index contributed by atoms with van der Waals surface area (Å²) in [5.74, 6) is -1.60. The molecule has 1 aliphatic heterocycles. The number of rotatable bonds is 5. The Labute approximate surface area is 205 Å². The average molecular weight is 480 g/mol. The maximum Gasteiger partial charge on any atom is 0.300 e. The van der Waals surface area contributed by atoms with E-state index in [9.17, 15) is 24.8 Å². The number of carbonyl (C=O) groups is 2. The highest BCUT2D eigenvalue weighted by Gasteiger charge is 2.47. The minimum Gasteiger partial charge on any atom is -0.507 e. The Bertz CT molecular complexity index is 1550. The van der Waals surface area contributed by atoms with Crippen molar-refractivity contribution in [3.63, 3.8) is 0 Å². The Hall–Kier alpha value is -4.98. The fraction of sp³-hybridized carbons (Fsp3) is 0.0714. The third-order valence-corrected chi connectivity index (χ3v) is 6.24. The molecule has 36 heavy (non-hydrogen) atoms. The van der Waals surface area contributed by atoms with E-state index in [1.807, 2.05) is 36.4 Å². The predicted molar refractivity (Wildman–Crippen MR) is 135 cm³/mol. The van der Waals surface area contributed by atoms with Crippen molar-refractivity contribution in [2.75, 3.05) is 12.0 Å². The lowest BCUT2D eigenvalue weighted by Crippen LogP contribution is -2.29. The smallest absolute Gasteiger partial charge is 0.300 e. The summed E-state index contributed by atoms with van der Waals surface area (Å²) in [5.41, 5.74) is 0.754. The molecule has 8 heteroatoms. The Kier molecular flexibility index (Phi) is 5.69. The van der Waals surface area contributed by atoms with E-state index in [4.69, 9.17) is 4.74 Å². The highest BCUT2D eigenvalue weighted by molar-refractivity contribution is 6.51. The molecule has 0 spiro atoms. The molecule has 8 nitrogen and oxygen atoms in total. The van der Waals surface area contributed by atoms with Gasteiger partial charge >= 0.3 is 0 Å². The average Bonchev–Trinajstić information content (AvgIpc) is 3.17. The molecule has 0 bridgehead atoms. The van der Waals surface area contributed by atoms with Crippen molar-refractivity contribution in [2.24, 2.45) is 0 Å². The van der Waals surface area contributed by atoms with Gasteiger partial charge in [0.1, 0.15) is 11.5 Å². The molecule has 1 N–H and O–H groups in total. The van der Waals surface area contributed by atoms with Crippen molar-refractivity contribution in [3.05, 3.63) is 118 Å². The molecule has 1 saturated heterocycles. The molecular formula is C28H20N2O6. The molecule has 0 radical (unpaired) electrons. The number of fused-ring (bicyclic) bond motifs is 1. The van der Waals surface area contributed by atoms with Crippen LogP contribution in [-0.4, -0.2) is 28.8 Å². The van der Waals surface area contributed by atoms with Gasteiger partial charge in [-0.05, 0) is 40.6 Å². The summed E-state index contributed by atoms with van der Waals surface area (Å²) in [6.45, 7) is 0. The Morgan fingerprint density at radius 2 is 1.64 bits per heavy atom. The summed E-state index contributed by atoms with van der Waals surface area (Å²) in [6.07, 6.45) is 0. The highest BCUT2D eigenvalue weighted by Crippen LogP contribution is 2.44. The minimum atomic E-state index is -0.969. The van der Waals surface area contributed by atoms with Crippen molar-refractivity contribution in [3.8, 4) is 5.75 Å². The first kappa shape index (κ1) is 22.8. The van der Waals surface area contributed by atoms with Crippen LogP contribution in [0.2, 0.25) is 0 Å². The molecule has 0 saturated carbocycles. The number of hydrogen-bond donors (Lipinski definition) is 1. The molecule has 1 unspecified atom stereocenters. The number of nitro benzene ring substituents is 1. The predicted octanol–water partition coefficient (Wildman–Crippen LogP) is 5.38. The molecule has 1 aliphatic rings. The molecule has 1 heterocycles. The summed E-state index contributed by atoms with van der Waals surface area (Å²) in [6, 6.07) is 24.1. The third kappa shape index (κ3) is 3.74. The van der Waals surface area contributed by atoms with Crippen molar-refractivity contribution >= 4 is 39.6 Å². The quantitative estimate of drug-likeness (QED) is 0.135. The van der Waals surface area contributed by atoms with Crippen LogP contribution in [-0.2, 0) is 9.59 Å². The molecule has 5 rings (SSSR count). The number of amides is 1. The Balaban J connectivity index is 1.78. The fourth-order valence-electron chi connectivity index (χ4n) is 4.55. The van der Waals surface area contributed by atoms with E-state index in [0.29, 0.717) is 17.0 Å². The molecule has 1 fully saturated rings. The van der Waals surface area contributed by atoms with Crippen LogP contribution in [0.25, 0.3) is 16.5 Å². The number of ketones is 1. The van der Waals surface area contributed by atoms with Crippen LogP contribution in [0, 0.1) is 10.1 Å². The number of methoxy groups -OCH3 is 1. The molecule has 4 aromatic rings. The van der Waals surface area contributed by atoms with Gasteiger partial charge in [-0.3, -0.25) is 24.6 Å². The SMILES string of the molecule is COc1ccc(N2C(=O)C(=O)/C(=C(\O)c3cccc([N+](=O)[O-])c3)C2c2cccc3ccccc23)cc1. The lowest BCUT2D eigenvalue weighted by Gasteiger charge is -2.26. The van der Waals surface area contributed by atoms with Gasteiger partial charge in [-0.15, -0.1) is 0 Å². The van der Waals surface area contributed by atoms with Gasteiger partial charge in [0.05, 0.1) is 23.6 Å². The first-order valence-corrected chi connectivity index (χ1v) is 11.1. The number of nitro groups is 1. The number of non-ortho nitro benzene ring substituents is 1. The van der Waals surface area contributed by atoms with Crippen LogP contribution in [0.3, 0.4) is 0 Å². The Morgan fingerprint density at radius 3 is 2.36 bits per heavy atom. The topological polar surface area (TPSA) is 110 Å². The van der Waals surface area contributed by atoms with E-state index in [0.717, 1.165) is 10.8 Å². The van der Waals surface area contributed by atoms with Gasteiger partial charge in [-0.2, -0.15) is 0 Å². The maximum atomic E-state index is 13.4. The van der Waals surface area contributed by atoms with Crippen LogP contribution in [0.4, 0.5) is 11.4 Å². The Morgan fingerprint density at radius 1 is 0.944 bits per heavy atom. The largest absolute Gasteiger partial charge is 0.507 e. The van der Waals surface area contributed by atoms with Gasteiger partial charge < -0.3 is 9.84 Å². The lowest BCUT2D eigenvalue weighted by molar-refractivity contribution is -0.384. The van der Waals surface area contributed by atoms with Gasteiger partial charge in [0, 0.05) is 23.4 Å². The first-order chi connectivity index (χ1) is 17.4. The van der Waals surface area contributed by atoms with Crippen LogP contribution in [0.15, 0.2) is 96.6 Å². The van der Waals surface area contributed by atoms with Crippen molar-refractivity contribution < 1.29 is 24.4 Å². The zero-order valence-corrected chi connectivity index (χ0v) is 19.1. The van der Waals surface area contributed by atoms with Crippen LogP contribution < -0.4 is 9.64 Å². The molecule has 1 atom stereocenters. The second-order valence-corrected chi connectivity index (χ2v) is 8.24. The van der Waals surface area contributed by atoms with Gasteiger partial charge in [0.2, 0.25) is 0 Å². The van der Waals surface area contributed by atoms with E-state index in [1.54, 1.807) is 30.3 Å². The third-order valence-electron chi connectivity index (χ3n) is 6.24. The number of Topliss-reactive ketones (excluding diaryl/α,β-unsaturated/α-hetero) is 1. The molecule has 0 aromatic heterocycles. The standard InChI is InChI=1S/C28H20N2O6/c1-36-21-14-12-19(13-15-21)29-25(23-11-5-7-17-6-2-3-10-22(17)23)24(27(32)28(29)33)26(31)18-8-4-9-20(16-18)30(34)35/h2-16,25,31H,1H3/b26-24-. The van der Waals surface area contributed by atoms with E-state index in [1.165, 1.54) is 36.3 Å². The van der Waals surface area contributed by atoms with Crippen molar-refractivity contribution in [1.82, 2.24) is 0 Å². The van der Waals surface area contributed by atoms with Gasteiger partial charge in [-0.25, -0.2) is 0 Å². The number of anilines is 1. The molecule has 178 valence electrons. The van der Waals surface area contributed by atoms with Gasteiger partial charge in [0.15, 0.2) is 0 Å². The van der Waals surface area contributed by atoms with Crippen molar-refractivity contribution in [2.45, 2.75) is 6.04 Å². The molecular weight excluding hydrogens is 460 g/mol. The summed E-state index contributed by atoms with van der Waals surface area (Å²) in [5, 5.41) is 24.3. The van der Waals surface area contributed by atoms with E-state index in [2.05, 4.69) is 0 Å². The summed E-state index contributed by atoms with van der Waals surface area (Å²) in [4.78, 5) is 38.8. The number of carbonyl (C=O) groups excluding carboxylic acids is 2. The number of benzene rings is 4. The molecule has 0 aliphatic carbocycles. The van der Waals surface area contributed by atoms with Gasteiger partial charge in [0.25, 0.3) is 17.4 Å². The number of ether oxygens (including phenoxy) is 1. The fourth-order valence-corrected chi connectivity index (χ4v) is 4.55. The van der Waals surface area contributed by atoms with Crippen LogP contribution in [0.1, 0.15) is 17.2 Å². The second-order valence-electron chi connectivity index (χ2n) is 8.24. The molecule has 4 aromatic carbocycles.